The van der Waals surface area contributed by atoms with E-state index < -0.39 is 12.0 Å². The van der Waals surface area contributed by atoms with Crippen LogP contribution in [0, 0.1) is 5.82 Å². The number of carbonyl (C=O) groups excluding carboxylic acids is 1. The number of hydrogen-bond donors (Lipinski definition) is 0. The fourth-order valence-electron chi connectivity index (χ4n) is 3.67. The molecule has 4 rings (SSSR count). The number of carbonyl (C=O) groups is 1. The molecule has 164 valence electrons. The van der Waals surface area contributed by atoms with Crippen molar-refractivity contribution in [2.24, 2.45) is 4.99 Å². The summed E-state index contributed by atoms with van der Waals surface area (Å²) < 4.78 is 22.0. The summed E-state index contributed by atoms with van der Waals surface area (Å²) in [6, 6.07) is 3.82. The number of fused-ring (bicyclic) bond motifs is 1. The number of aliphatic imine (C=N–C) groups is 1. The third-order valence-corrected chi connectivity index (χ3v) is 8.55. The molecule has 0 spiro atoms. The molecule has 2 aromatic rings. The fraction of sp³-hybridized carbons (Fsp3) is 0.333. The third-order valence-electron chi connectivity index (χ3n) is 5.10. The van der Waals surface area contributed by atoms with E-state index in [4.69, 9.17) is 9.73 Å². The van der Waals surface area contributed by atoms with Gasteiger partial charge in [-0.2, -0.15) is 0 Å². The van der Waals surface area contributed by atoms with E-state index in [1.807, 2.05) is 19.4 Å². The molecule has 0 radical (unpaired) electrons. The van der Waals surface area contributed by atoms with E-state index in [1.54, 1.807) is 19.2 Å². The second-order valence-corrected chi connectivity index (χ2v) is 10.8. The second kappa shape index (κ2) is 9.32. The lowest BCUT2D eigenvalue weighted by atomic mass is 9.94. The molecule has 6 nitrogen and oxygen atoms in total. The summed E-state index contributed by atoms with van der Waals surface area (Å²) in [6.45, 7) is 4.66. The Hall–Kier alpha value is -1.88. The van der Waals surface area contributed by atoms with Crippen molar-refractivity contribution in [1.29, 1.82) is 0 Å². The number of benzene rings is 1. The minimum absolute atomic E-state index is 0.107. The average Bonchev–Trinajstić information content (AvgIpc) is 3.27. The molecule has 31 heavy (non-hydrogen) atoms. The highest BCUT2D eigenvalue weighted by Gasteiger charge is 2.40. The summed E-state index contributed by atoms with van der Waals surface area (Å²) >= 11 is 4.97. The van der Waals surface area contributed by atoms with Gasteiger partial charge < -0.3 is 9.64 Å². The summed E-state index contributed by atoms with van der Waals surface area (Å²) in [5, 5.41) is 4.86. The summed E-state index contributed by atoms with van der Waals surface area (Å²) in [4.78, 5) is 24.7. The molecule has 0 aliphatic carbocycles. The maximum atomic E-state index is 13.8. The van der Waals surface area contributed by atoms with Crippen molar-refractivity contribution in [1.82, 2.24) is 14.2 Å². The predicted molar refractivity (Wildman–Crippen MR) is 128 cm³/mol. The SMILES string of the molecule is C/C=S1/CN2C(c3nccs3)=N[C@@H](c3ccc(F)cc3Br)C(C(=O)OCC)=C2CN1C. The van der Waals surface area contributed by atoms with Crippen LogP contribution in [-0.4, -0.2) is 57.4 Å². The number of aromatic nitrogens is 1. The van der Waals surface area contributed by atoms with E-state index in [0.717, 1.165) is 16.5 Å². The number of nitrogens with zero attached hydrogens (tertiary/aromatic N) is 4. The number of ether oxygens (including phenoxy) is 1. The number of likely N-dealkylation sites (N-methyl/N-ethyl adjacent to an activating group) is 1. The van der Waals surface area contributed by atoms with Crippen LogP contribution in [0.4, 0.5) is 4.39 Å². The van der Waals surface area contributed by atoms with Crippen LogP contribution in [0.5, 0.6) is 0 Å². The topological polar surface area (TPSA) is 58.0 Å². The van der Waals surface area contributed by atoms with E-state index in [2.05, 4.69) is 35.5 Å². The lowest BCUT2D eigenvalue weighted by Gasteiger charge is -2.43. The van der Waals surface area contributed by atoms with Crippen molar-refractivity contribution in [3.8, 4) is 0 Å². The summed E-state index contributed by atoms with van der Waals surface area (Å²) in [7, 11) is 1.94. The number of hydrogen-bond acceptors (Lipinski definition) is 7. The molecule has 1 unspecified atom stereocenters. The minimum atomic E-state index is -0.627. The molecule has 1 aromatic carbocycles. The van der Waals surface area contributed by atoms with Gasteiger partial charge in [-0.05, 0) is 44.0 Å². The predicted octanol–water partition coefficient (Wildman–Crippen LogP) is 4.57. The van der Waals surface area contributed by atoms with Gasteiger partial charge in [0, 0.05) is 28.3 Å². The molecule has 0 N–H and O–H groups in total. The Morgan fingerprint density at radius 1 is 1.48 bits per heavy atom. The summed E-state index contributed by atoms with van der Waals surface area (Å²) in [5.74, 6) is 0.650. The van der Waals surface area contributed by atoms with Gasteiger partial charge in [-0.3, -0.25) is 9.30 Å². The highest BCUT2D eigenvalue weighted by molar-refractivity contribution is 9.10. The standard InChI is InChI=1S/C21H22BrFN4O2S2/c1-4-29-21(28)17-16-11-26(3)31(5-2)12-27(16)19(20-24-8-9-30-20)25-18(17)14-7-6-13(23)10-15(14)22/h5-10,18H,4,11-12H2,1-3H3/t18-,31?/m0/s1. The van der Waals surface area contributed by atoms with Crippen molar-refractivity contribution < 1.29 is 13.9 Å². The molecule has 0 saturated carbocycles. The molecule has 1 saturated heterocycles. The fourth-order valence-corrected chi connectivity index (χ4v) is 6.41. The summed E-state index contributed by atoms with van der Waals surface area (Å²) in [6.07, 6.45) is 1.75. The number of esters is 1. The lowest BCUT2D eigenvalue weighted by molar-refractivity contribution is -0.139. The maximum absolute atomic E-state index is 13.8. The van der Waals surface area contributed by atoms with Crippen molar-refractivity contribution in [3.05, 3.63) is 61.9 Å². The number of thiazole rings is 1. The zero-order chi connectivity index (χ0) is 22.1. The smallest absolute Gasteiger partial charge is 0.338 e. The van der Waals surface area contributed by atoms with Crippen LogP contribution in [-0.2, 0) is 9.53 Å². The van der Waals surface area contributed by atoms with Gasteiger partial charge in [0.2, 0.25) is 0 Å². The van der Waals surface area contributed by atoms with E-state index >= 15 is 0 Å². The van der Waals surface area contributed by atoms with Crippen molar-refractivity contribution >= 4 is 55.1 Å². The third kappa shape index (κ3) is 4.26. The van der Waals surface area contributed by atoms with Crippen LogP contribution in [0.3, 0.4) is 0 Å². The van der Waals surface area contributed by atoms with Gasteiger partial charge in [0.25, 0.3) is 0 Å². The minimum Gasteiger partial charge on any atom is -0.463 e. The first-order chi connectivity index (χ1) is 14.9. The van der Waals surface area contributed by atoms with Gasteiger partial charge in [0.15, 0.2) is 10.8 Å². The Labute approximate surface area is 195 Å². The van der Waals surface area contributed by atoms with Crippen LogP contribution in [0.15, 0.2) is 50.5 Å². The Bertz CT molecular complexity index is 1100. The first kappa shape index (κ1) is 22.3. The van der Waals surface area contributed by atoms with Gasteiger partial charge in [-0.15, -0.1) is 22.0 Å². The number of halogens is 2. The Morgan fingerprint density at radius 2 is 2.29 bits per heavy atom. The zero-order valence-corrected chi connectivity index (χ0v) is 20.6. The Morgan fingerprint density at radius 3 is 2.94 bits per heavy atom. The van der Waals surface area contributed by atoms with Gasteiger partial charge in [0.05, 0.1) is 18.1 Å². The summed E-state index contributed by atoms with van der Waals surface area (Å²) in [5.41, 5.74) is 2.05. The van der Waals surface area contributed by atoms with Crippen LogP contribution in [0.1, 0.15) is 30.5 Å². The monoisotopic (exact) mass is 524 g/mol. The van der Waals surface area contributed by atoms with Gasteiger partial charge in [0.1, 0.15) is 11.9 Å². The van der Waals surface area contributed by atoms with Gasteiger partial charge in [-0.25, -0.2) is 14.2 Å². The molecule has 3 heterocycles. The molecule has 10 heteroatoms. The second-order valence-electron chi connectivity index (χ2n) is 6.92. The molecular formula is C21H22BrFN4O2S2. The quantitative estimate of drug-likeness (QED) is 0.433. The van der Waals surface area contributed by atoms with E-state index in [-0.39, 0.29) is 23.1 Å². The highest BCUT2D eigenvalue weighted by Crippen LogP contribution is 2.43. The Balaban J connectivity index is 1.94. The van der Waals surface area contributed by atoms with Crippen LogP contribution >= 0.6 is 37.9 Å². The number of amidine groups is 1. The van der Waals surface area contributed by atoms with Crippen molar-refractivity contribution in [2.45, 2.75) is 19.9 Å². The van der Waals surface area contributed by atoms with Crippen molar-refractivity contribution in [2.75, 3.05) is 26.1 Å². The molecule has 1 fully saturated rings. The van der Waals surface area contributed by atoms with E-state index in [0.29, 0.717) is 28.0 Å². The molecule has 0 amide bonds. The van der Waals surface area contributed by atoms with Crippen molar-refractivity contribution in [3.63, 3.8) is 0 Å². The van der Waals surface area contributed by atoms with E-state index in [9.17, 15) is 9.18 Å². The zero-order valence-electron chi connectivity index (χ0n) is 17.3. The normalized spacial score (nSPS) is 21.8. The molecular weight excluding hydrogens is 503 g/mol. The molecule has 0 bridgehead atoms. The highest BCUT2D eigenvalue weighted by atomic mass is 79.9. The first-order valence-electron chi connectivity index (χ1n) is 9.75. The largest absolute Gasteiger partial charge is 0.463 e. The first-order valence-corrected chi connectivity index (χ1v) is 12.8. The molecule has 2 atom stereocenters. The lowest BCUT2D eigenvalue weighted by Crippen LogP contribution is -2.45. The maximum Gasteiger partial charge on any atom is 0.338 e. The van der Waals surface area contributed by atoms with Crippen LogP contribution in [0.2, 0.25) is 0 Å². The Kier molecular flexibility index (Phi) is 6.71. The molecule has 2 aliphatic heterocycles. The number of rotatable bonds is 4. The van der Waals surface area contributed by atoms with Crippen LogP contribution in [0.25, 0.3) is 0 Å². The average molecular weight is 525 g/mol. The van der Waals surface area contributed by atoms with Gasteiger partial charge in [-0.1, -0.05) is 22.0 Å². The van der Waals surface area contributed by atoms with E-state index in [1.165, 1.54) is 23.5 Å². The molecule has 2 aliphatic rings. The molecule has 1 aromatic heterocycles. The van der Waals surface area contributed by atoms with Crippen LogP contribution < -0.4 is 0 Å². The van der Waals surface area contributed by atoms with Gasteiger partial charge >= 0.3 is 5.97 Å².